The van der Waals surface area contributed by atoms with Crippen molar-refractivity contribution < 1.29 is 22.7 Å². The number of carbonyl (C=O) groups excluding carboxylic acids is 1. The van der Waals surface area contributed by atoms with E-state index in [9.17, 15) is 13.2 Å². The molecule has 0 aliphatic carbocycles. The average molecular weight is 519 g/mol. The molecule has 2 N–H and O–H groups in total. The van der Waals surface area contributed by atoms with Crippen LogP contribution in [0.25, 0.3) is 0 Å². The number of nitrogens with one attached hydrogen (secondary N) is 2. The van der Waals surface area contributed by atoms with Crippen molar-refractivity contribution >= 4 is 21.6 Å². The lowest BCUT2D eigenvalue weighted by Gasteiger charge is -2.25. The average Bonchev–Trinajstić information content (AvgIpc) is 2.82. The van der Waals surface area contributed by atoms with E-state index >= 15 is 0 Å². The van der Waals surface area contributed by atoms with Gasteiger partial charge in [0.05, 0.1) is 20.0 Å². The molecule has 36 heavy (non-hydrogen) atoms. The van der Waals surface area contributed by atoms with E-state index in [1.54, 1.807) is 26.4 Å². The fraction of sp³-hybridized carbons (Fsp3) is 0.536. The summed E-state index contributed by atoms with van der Waals surface area (Å²) < 4.78 is 37.5. The van der Waals surface area contributed by atoms with Crippen molar-refractivity contribution in [3.8, 4) is 11.5 Å². The minimum absolute atomic E-state index is 0.0247. The van der Waals surface area contributed by atoms with Crippen LogP contribution in [0.15, 0.2) is 36.4 Å². The van der Waals surface area contributed by atoms with Gasteiger partial charge >= 0.3 is 0 Å². The summed E-state index contributed by atoms with van der Waals surface area (Å²) in [6.07, 6.45) is 4.34. The van der Waals surface area contributed by atoms with E-state index in [-0.39, 0.29) is 29.4 Å². The lowest BCUT2D eigenvalue weighted by Crippen LogP contribution is -2.22. The van der Waals surface area contributed by atoms with Crippen LogP contribution in [0.4, 0.5) is 5.69 Å². The Morgan fingerprint density at radius 2 is 1.75 bits per heavy atom. The molecule has 0 heterocycles. The fourth-order valence-electron chi connectivity index (χ4n) is 4.32. The third-order valence-electron chi connectivity index (χ3n) is 6.30. The highest BCUT2D eigenvalue weighted by Gasteiger charge is 2.24. The number of carbonyl (C=O) groups is 1. The van der Waals surface area contributed by atoms with E-state index in [0.29, 0.717) is 22.7 Å². The van der Waals surface area contributed by atoms with Gasteiger partial charge in [-0.3, -0.25) is 4.79 Å². The molecule has 0 radical (unpaired) electrons. The van der Waals surface area contributed by atoms with Crippen LogP contribution in [0.1, 0.15) is 82.4 Å². The first-order chi connectivity index (χ1) is 16.9. The topological polar surface area (TPSA) is 93.7 Å². The summed E-state index contributed by atoms with van der Waals surface area (Å²) in [6, 6.07) is 11.2. The zero-order chi connectivity index (χ0) is 26.9. The molecule has 1 amide bonds. The number of ether oxygens (including phenoxy) is 2. The first-order valence-corrected chi connectivity index (χ1v) is 14.2. The number of hydrogen-bond donors (Lipinski definition) is 2. The minimum Gasteiger partial charge on any atom is -0.497 e. The highest BCUT2D eigenvalue weighted by atomic mass is 32.2. The molecular weight excluding hydrogens is 476 g/mol. The third-order valence-corrected chi connectivity index (χ3v) is 7.64. The van der Waals surface area contributed by atoms with Crippen molar-refractivity contribution in [3.05, 3.63) is 53.1 Å². The molecule has 2 aromatic carbocycles. The van der Waals surface area contributed by atoms with Crippen LogP contribution in [0.2, 0.25) is 0 Å². The van der Waals surface area contributed by atoms with Crippen molar-refractivity contribution in [2.75, 3.05) is 26.6 Å². The molecule has 7 nitrogen and oxygen atoms in total. The molecule has 0 saturated carbocycles. The summed E-state index contributed by atoms with van der Waals surface area (Å²) in [5.74, 6) is 1.12. The van der Waals surface area contributed by atoms with Gasteiger partial charge in [-0.2, -0.15) is 0 Å². The molecule has 2 rings (SSSR count). The number of unbranched alkanes of at least 4 members (excludes halogenated alkanes) is 2. The van der Waals surface area contributed by atoms with Gasteiger partial charge < -0.3 is 14.8 Å². The maximum Gasteiger partial charge on any atom is 0.224 e. The number of sulfonamides is 1. The molecule has 0 aliphatic heterocycles. The van der Waals surface area contributed by atoms with Gasteiger partial charge in [-0.15, -0.1) is 0 Å². The zero-order valence-electron chi connectivity index (χ0n) is 22.7. The normalized spacial score (nSPS) is 12.8. The van der Waals surface area contributed by atoms with Gasteiger partial charge in [0.2, 0.25) is 15.9 Å². The first kappa shape index (κ1) is 29.6. The Bertz CT molecular complexity index is 1120. The number of hydrogen-bond acceptors (Lipinski definition) is 5. The molecule has 0 bridgehead atoms. The summed E-state index contributed by atoms with van der Waals surface area (Å²) in [5.41, 5.74) is 2.96. The van der Waals surface area contributed by atoms with E-state index in [0.717, 1.165) is 36.8 Å². The molecule has 200 valence electrons. The van der Waals surface area contributed by atoms with Crippen LogP contribution in [-0.4, -0.2) is 35.6 Å². The van der Waals surface area contributed by atoms with Gasteiger partial charge in [0.1, 0.15) is 11.5 Å². The van der Waals surface area contributed by atoms with E-state index in [2.05, 4.69) is 37.7 Å². The molecule has 8 heteroatoms. The largest absolute Gasteiger partial charge is 0.497 e. The number of rotatable bonds is 13. The Hall–Kier alpha value is -2.58. The molecule has 0 spiro atoms. The van der Waals surface area contributed by atoms with Gasteiger partial charge in [0.25, 0.3) is 0 Å². The summed E-state index contributed by atoms with van der Waals surface area (Å²) in [4.78, 5) is 13.4. The van der Waals surface area contributed by atoms with Crippen LogP contribution < -0.4 is 19.5 Å². The Kier molecular flexibility index (Phi) is 10.8. The molecule has 1 atom stereocenters. The van der Waals surface area contributed by atoms with Gasteiger partial charge in [-0.25, -0.2) is 13.1 Å². The van der Waals surface area contributed by atoms with E-state index in [1.165, 1.54) is 7.05 Å². The van der Waals surface area contributed by atoms with E-state index in [1.807, 2.05) is 24.3 Å². The van der Waals surface area contributed by atoms with Gasteiger partial charge in [0, 0.05) is 18.2 Å². The summed E-state index contributed by atoms with van der Waals surface area (Å²) >= 11 is 0. The van der Waals surface area contributed by atoms with Crippen molar-refractivity contribution in [2.24, 2.45) is 0 Å². The first-order valence-electron chi connectivity index (χ1n) is 12.5. The molecule has 0 fully saturated rings. The Morgan fingerprint density at radius 1 is 1.03 bits per heavy atom. The van der Waals surface area contributed by atoms with Crippen molar-refractivity contribution in [3.63, 3.8) is 0 Å². The number of anilines is 1. The molecule has 0 saturated heterocycles. The van der Waals surface area contributed by atoms with Crippen LogP contribution in [0.3, 0.4) is 0 Å². The molecule has 1 unspecified atom stereocenters. The second kappa shape index (κ2) is 13.1. The summed E-state index contributed by atoms with van der Waals surface area (Å²) in [7, 11) is 1.20. The quantitative estimate of drug-likeness (QED) is 0.330. The van der Waals surface area contributed by atoms with Gasteiger partial charge in [-0.05, 0) is 53.6 Å². The smallest absolute Gasteiger partial charge is 0.224 e. The molecule has 2 aromatic rings. The predicted molar refractivity (Wildman–Crippen MR) is 147 cm³/mol. The van der Waals surface area contributed by atoms with Crippen LogP contribution >= 0.6 is 0 Å². The van der Waals surface area contributed by atoms with Crippen molar-refractivity contribution in [1.29, 1.82) is 0 Å². The second-order valence-corrected chi connectivity index (χ2v) is 12.1. The lowest BCUT2D eigenvalue weighted by atomic mass is 9.85. The van der Waals surface area contributed by atoms with Crippen molar-refractivity contribution in [2.45, 2.75) is 76.9 Å². The number of amides is 1. The predicted octanol–water partition coefficient (Wildman–Crippen LogP) is 5.74. The third kappa shape index (κ3) is 8.52. The Balaban J connectivity index is 2.36. The monoisotopic (exact) mass is 518 g/mol. The van der Waals surface area contributed by atoms with Crippen molar-refractivity contribution in [1.82, 2.24) is 4.72 Å². The standard InChI is InChI=1S/C28H42N2O5S/c1-8-9-10-11-21(23-14-13-22(34-6)18-26(23)35-7)17-27(31)30-25-16-20(19-36(32,33)29-5)12-15-24(25)28(2,3)4/h12-16,18,21,29H,8-11,17,19H2,1-7H3,(H,30,31). The fourth-order valence-corrected chi connectivity index (χ4v) is 5.08. The van der Waals surface area contributed by atoms with Crippen LogP contribution in [-0.2, 0) is 26.0 Å². The van der Waals surface area contributed by atoms with Crippen LogP contribution in [0.5, 0.6) is 11.5 Å². The molecule has 0 aromatic heterocycles. The lowest BCUT2D eigenvalue weighted by molar-refractivity contribution is -0.116. The van der Waals surface area contributed by atoms with Gasteiger partial charge in [-0.1, -0.05) is 65.2 Å². The van der Waals surface area contributed by atoms with E-state index < -0.39 is 10.0 Å². The van der Waals surface area contributed by atoms with Crippen LogP contribution in [0, 0.1) is 0 Å². The van der Waals surface area contributed by atoms with E-state index in [4.69, 9.17) is 9.47 Å². The number of methoxy groups -OCH3 is 2. The van der Waals surface area contributed by atoms with Gasteiger partial charge in [0.15, 0.2) is 0 Å². The highest BCUT2D eigenvalue weighted by Crippen LogP contribution is 2.36. The summed E-state index contributed by atoms with van der Waals surface area (Å²) in [5, 5.41) is 3.09. The molecule has 0 aliphatic rings. The SMILES string of the molecule is CCCCCC(CC(=O)Nc1cc(CS(=O)(=O)NC)ccc1C(C)(C)C)c1ccc(OC)cc1OC. The Labute approximate surface area is 217 Å². The Morgan fingerprint density at radius 3 is 2.33 bits per heavy atom. The summed E-state index contributed by atoms with van der Waals surface area (Å²) in [6.45, 7) is 8.36. The molecular formula is C28H42N2O5S. The maximum atomic E-state index is 13.4. The second-order valence-electron chi connectivity index (χ2n) is 10.1. The maximum absolute atomic E-state index is 13.4. The number of benzene rings is 2. The zero-order valence-corrected chi connectivity index (χ0v) is 23.6. The minimum atomic E-state index is -3.43. The highest BCUT2D eigenvalue weighted by molar-refractivity contribution is 7.88.